The van der Waals surface area contributed by atoms with Gasteiger partial charge in [-0.1, -0.05) is 166 Å². The second kappa shape index (κ2) is 14.3. The minimum atomic E-state index is -0.110. The number of aromatic nitrogens is 4. The van der Waals surface area contributed by atoms with Crippen LogP contribution < -0.4 is 0 Å². The molecule has 0 N–H and O–H groups in total. The molecule has 0 spiro atoms. The summed E-state index contributed by atoms with van der Waals surface area (Å²) in [4.78, 5) is 11.4. The maximum atomic E-state index is 5.71. The van der Waals surface area contributed by atoms with Gasteiger partial charge < -0.3 is 4.57 Å². The van der Waals surface area contributed by atoms with E-state index in [1.54, 1.807) is 11.3 Å². The van der Waals surface area contributed by atoms with E-state index in [-0.39, 0.29) is 5.41 Å². The van der Waals surface area contributed by atoms with Crippen molar-refractivity contribution in [3.8, 4) is 45.1 Å². The van der Waals surface area contributed by atoms with Crippen molar-refractivity contribution in [3.05, 3.63) is 217 Å². The summed E-state index contributed by atoms with van der Waals surface area (Å²) in [6.07, 6.45) is 0. The van der Waals surface area contributed by atoms with Gasteiger partial charge in [-0.25, -0.2) is 9.97 Å². The Labute approximate surface area is 415 Å². The van der Waals surface area contributed by atoms with Crippen LogP contribution in [-0.2, 0) is 5.41 Å². The smallest absolute Gasteiger partial charge is 0.235 e. The van der Waals surface area contributed by atoms with Gasteiger partial charge in [0.2, 0.25) is 5.95 Å². The van der Waals surface area contributed by atoms with Gasteiger partial charge in [-0.05, 0) is 93.4 Å². The fraction of sp³-hybridized carbons (Fsp3) is 0.0462. The molecule has 0 saturated heterocycles. The number of hydrogen-bond donors (Lipinski definition) is 0. The number of hydrogen-bond acceptors (Lipinski definition) is 4. The third kappa shape index (κ3) is 5.38. The standard InChI is InChI=1S/C65H40N4S2/c1-65(2)50-26-14-11-21-41(50)42-31-29-39(34-51(42)65)38-30-32-53-48(33-38)57-44-23-9-10-24-45(44)62-58(49-35-47-43-22-12-15-27-52(43)68(40-19-7-4-8-20-40)54(47)36-56(49)71-62)61(57)69(53)64-66-59(37-17-5-3-6-18-37)63-60(67-64)46-25-13-16-28-55(46)70-63/h3-36H,1-2H3. The highest BCUT2D eigenvalue weighted by Crippen LogP contribution is 2.52. The van der Waals surface area contributed by atoms with E-state index in [4.69, 9.17) is 9.97 Å². The number of fused-ring (bicyclic) bond motifs is 19. The molecule has 0 saturated carbocycles. The first kappa shape index (κ1) is 39.4. The number of benzene rings is 10. The fourth-order valence-corrected chi connectivity index (χ4v) is 14.7. The lowest BCUT2D eigenvalue weighted by atomic mass is 9.81. The van der Waals surface area contributed by atoms with Crippen LogP contribution in [0.4, 0.5) is 0 Å². The van der Waals surface area contributed by atoms with E-state index in [1.165, 1.54) is 102 Å². The first-order chi connectivity index (χ1) is 35.0. The minimum Gasteiger partial charge on any atom is -0.309 e. The average molecular weight is 941 g/mol. The normalized spacial score (nSPS) is 13.3. The van der Waals surface area contributed by atoms with Crippen molar-refractivity contribution in [2.45, 2.75) is 19.3 Å². The van der Waals surface area contributed by atoms with Gasteiger partial charge in [0.15, 0.2) is 0 Å². The maximum absolute atomic E-state index is 5.71. The van der Waals surface area contributed by atoms with Crippen LogP contribution in [0.2, 0.25) is 0 Å². The summed E-state index contributed by atoms with van der Waals surface area (Å²) < 4.78 is 9.65. The Balaban J connectivity index is 1.07. The lowest BCUT2D eigenvalue weighted by Crippen LogP contribution is -2.14. The molecule has 6 heteroatoms. The Kier molecular flexibility index (Phi) is 7.96. The molecule has 332 valence electrons. The topological polar surface area (TPSA) is 35.6 Å². The van der Waals surface area contributed by atoms with Crippen LogP contribution in [0, 0.1) is 0 Å². The third-order valence-corrected chi connectivity index (χ3v) is 17.9. The van der Waals surface area contributed by atoms with Crippen LogP contribution in [0.1, 0.15) is 25.0 Å². The number of nitrogens with zero attached hydrogens (tertiary/aromatic N) is 4. The van der Waals surface area contributed by atoms with Gasteiger partial charge in [-0.3, -0.25) is 4.57 Å². The Morgan fingerprint density at radius 2 is 1.06 bits per heavy atom. The Hall–Kier alpha value is -8.42. The molecule has 0 amide bonds. The summed E-state index contributed by atoms with van der Waals surface area (Å²) in [5.41, 5.74) is 16.5. The summed E-state index contributed by atoms with van der Waals surface area (Å²) in [5, 5.41) is 11.0. The molecule has 15 aromatic rings. The minimum absolute atomic E-state index is 0.110. The van der Waals surface area contributed by atoms with E-state index < -0.39 is 0 Å². The highest BCUT2D eigenvalue weighted by molar-refractivity contribution is 7.27. The molecule has 5 aromatic heterocycles. The fourth-order valence-electron chi connectivity index (χ4n) is 12.3. The van der Waals surface area contributed by atoms with Gasteiger partial charge in [0.05, 0.1) is 38.0 Å². The first-order valence-electron chi connectivity index (χ1n) is 24.3. The van der Waals surface area contributed by atoms with Crippen molar-refractivity contribution < 1.29 is 0 Å². The van der Waals surface area contributed by atoms with Gasteiger partial charge >= 0.3 is 0 Å². The highest BCUT2D eigenvalue weighted by Gasteiger charge is 2.35. The van der Waals surface area contributed by atoms with Crippen molar-refractivity contribution in [2.75, 3.05) is 0 Å². The van der Waals surface area contributed by atoms with Crippen molar-refractivity contribution in [1.82, 2.24) is 19.1 Å². The summed E-state index contributed by atoms with van der Waals surface area (Å²) in [5.74, 6) is 0.669. The zero-order valence-corrected chi connectivity index (χ0v) is 40.4. The van der Waals surface area contributed by atoms with Gasteiger partial charge in [-0.2, -0.15) is 0 Å². The molecule has 0 unspecified atom stereocenters. The van der Waals surface area contributed by atoms with Gasteiger partial charge in [0.25, 0.3) is 0 Å². The van der Waals surface area contributed by atoms with E-state index in [9.17, 15) is 0 Å². The Morgan fingerprint density at radius 3 is 1.92 bits per heavy atom. The predicted octanol–water partition coefficient (Wildman–Crippen LogP) is 18.2. The molecule has 0 atom stereocenters. The van der Waals surface area contributed by atoms with E-state index in [0.717, 1.165) is 43.6 Å². The van der Waals surface area contributed by atoms with Crippen LogP contribution in [0.5, 0.6) is 0 Å². The van der Waals surface area contributed by atoms with Crippen LogP contribution >= 0.6 is 22.7 Å². The van der Waals surface area contributed by atoms with Crippen LogP contribution in [-0.4, -0.2) is 19.1 Å². The summed E-state index contributed by atoms with van der Waals surface area (Å²) in [7, 11) is 0. The predicted molar refractivity (Wildman–Crippen MR) is 302 cm³/mol. The number of rotatable bonds is 4. The summed E-state index contributed by atoms with van der Waals surface area (Å²) in [6.45, 7) is 4.73. The van der Waals surface area contributed by atoms with Crippen LogP contribution in [0.25, 0.3) is 140 Å². The van der Waals surface area contributed by atoms with Crippen molar-refractivity contribution in [1.29, 1.82) is 0 Å². The zero-order valence-electron chi connectivity index (χ0n) is 38.7. The van der Waals surface area contributed by atoms with Crippen LogP contribution in [0.15, 0.2) is 206 Å². The first-order valence-corrected chi connectivity index (χ1v) is 25.9. The molecular weight excluding hydrogens is 901 g/mol. The van der Waals surface area contributed by atoms with Gasteiger partial charge in [0.1, 0.15) is 0 Å². The molecule has 0 radical (unpaired) electrons. The summed E-state index contributed by atoms with van der Waals surface area (Å²) >= 11 is 3.67. The molecule has 0 bridgehead atoms. The largest absolute Gasteiger partial charge is 0.309 e. The maximum Gasteiger partial charge on any atom is 0.235 e. The molecule has 16 rings (SSSR count). The van der Waals surface area contributed by atoms with Crippen LogP contribution in [0.3, 0.4) is 0 Å². The second-order valence-electron chi connectivity index (χ2n) is 19.6. The van der Waals surface area contributed by atoms with E-state index in [2.05, 4.69) is 229 Å². The molecule has 1 aliphatic carbocycles. The summed E-state index contributed by atoms with van der Waals surface area (Å²) in [6, 6.07) is 76.0. The van der Waals surface area contributed by atoms with E-state index in [0.29, 0.717) is 5.95 Å². The average Bonchev–Trinajstić information content (AvgIpc) is 4.21. The highest BCUT2D eigenvalue weighted by atomic mass is 32.1. The second-order valence-corrected chi connectivity index (χ2v) is 21.7. The third-order valence-electron chi connectivity index (χ3n) is 15.5. The van der Waals surface area contributed by atoms with Crippen molar-refractivity contribution in [2.24, 2.45) is 0 Å². The molecular formula is C65H40N4S2. The Morgan fingerprint density at radius 1 is 0.394 bits per heavy atom. The molecule has 1 aliphatic rings. The van der Waals surface area contributed by atoms with Gasteiger partial charge in [0, 0.05) is 73.9 Å². The molecule has 4 nitrogen and oxygen atoms in total. The Bertz CT molecular complexity index is 4780. The van der Waals surface area contributed by atoms with Crippen molar-refractivity contribution >= 4 is 118 Å². The molecule has 71 heavy (non-hydrogen) atoms. The molecule has 5 heterocycles. The monoisotopic (exact) mass is 940 g/mol. The number of thiophene rings is 2. The number of para-hydroxylation sites is 2. The van der Waals surface area contributed by atoms with E-state index in [1.807, 2.05) is 11.3 Å². The van der Waals surface area contributed by atoms with Gasteiger partial charge in [-0.15, -0.1) is 22.7 Å². The molecule has 0 aliphatic heterocycles. The zero-order chi connectivity index (χ0) is 46.7. The SMILES string of the molecule is CC1(C)c2ccccc2-c2ccc(-c3ccc4c(c3)c3c5ccccc5c5sc6cc7c(cc6c5c3n4-c3nc(-c4ccccc4)c4sc5ccccc5c4n3)c3ccccc3n7-c3ccccc3)cc21. The van der Waals surface area contributed by atoms with Crippen molar-refractivity contribution in [3.63, 3.8) is 0 Å². The molecule has 10 aromatic carbocycles. The van der Waals surface area contributed by atoms with E-state index >= 15 is 0 Å². The lowest BCUT2D eigenvalue weighted by molar-refractivity contribution is 0.660. The quantitative estimate of drug-likeness (QED) is 0.176. The molecule has 0 fully saturated rings. The lowest BCUT2D eigenvalue weighted by Gasteiger charge is -2.22.